The first-order valence-corrected chi connectivity index (χ1v) is 24.6. The summed E-state index contributed by atoms with van der Waals surface area (Å²) in [5, 5.41) is 151. The van der Waals surface area contributed by atoms with Gasteiger partial charge in [0.1, 0.15) is 73.2 Å². The third kappa shape index (κ3) is 8.98. The zero-order valence-electron chi connectivity index (χ0n) is 40.7. The van der Waals surface area contributed by atoms with E-state index in [1.807, 2.05) is 13.8 Å². The van der Waals surface area contributed by atoms with E-state index in [2.05, 4.69) is 26.8 Å². The Hall–Kier alpha value is -1.06. The Bertz CT molecular complexity index is 1760. The van der Waals surface area contributed by atoms with Crippen LogP contribution in [-0.2, 0) is 28.4 Å². The fourth-order valence-corrected chi connectivity index (χ4v) is 14.2. The largest absolute Gasteiger partial charge is 0.394 e. The van der Waals surface area contributed by atoms with Crippen molar-refractivity contribution in [2.24, 2.45) is 39.4 Å². The molecule has 7 aliphatic rings. The molecule has 3 saturated heterocycles. The molecule has 0 amide bonds. The number of rotatable bonds is 14. The average Bonchev–Trinajstić information content (AvgIpc) is 3.56. The Balaban J connectivity index is 1.06. The van der Waals surface area contributed by atoms with Gasteiger partial charge >= 0.3 is 0 Å². The lowest BCUT2D eigenvalue weighted by molar-refractivity contribution is -0.375. The molecule has 3 saturated carbocycles. The molecular weight excluding hydrogens is 897 g/mol. The van der Waals surface area contributed by atoms with Crippen molar-refractivity contribution in [2.75, 3.05) is 19.8 Å². The zero-order valence-corrected chi connectivity index (χ0v) is 40.7. The fraction of sp³-hybridized carbons (Fsp3) is 0.958. The lowest BCUT2D eigenvalue weighted by atomic mass is 9.38. The molecule has 68 heavy (non-hydrogen) atoms. The van der Waals surface area contributed by atoms with Crippen LogP contribution in [0.2, 0.25) is 0 Å². The van der Waals surface area contributed by atoms with Gasteiger partial charge in [0.15, 0.2) is 18.9 Å². The highest BCUT2D eigenvalue weighted by Gasteiger charge is 2.71. The fourth-order valence-electron chi connectivity index (χ4n) is 14.2. The van der Waals surface area contributed by atoms with Gasteiger partial charge in [-0.05, 0) is 101 Å². The van der Waals surface area contributed by atoms with Gasteiger partial charge in [-0.25, -0.2) is 0 Å². The minimum atomic E-state index is -1.81. The van der Waals surface area contributed by atoms with Gasteiger partial charge in [0.25, 0.3) is 0 Å². The summed E-state index contributed by atoms with van der Waals surface area (Å²) in [6.07, 6.45) is -19.6. The van der Waals surface area contributed by atoms with E-state index in [1.165, 1.54) is 0 Å². The number of hydrogen-bond acceptors (Lipinski definition) is 20. The molecule has 3 heterocycles. The predicted octanol–water partition coefficient (Wildman–Crippen LogP) is -1.94. The lowest BCUT2D eigenvalue weighted by Crippen LogP contribution is -2.66. The second-order valence-electron chi connectivity index (χ2n) is 23.3. The van der Waals surface area contributed by atoms with Crippen LogP contribution in [-0.4, -0.2) is 213 Å². The Morgan fingerprint density at radius 2 is 1.19 bits per heavy atom. The molecular formula is C48H82O20. The van der Waals surface area contributed by atoms with Crippen molar-refractivity contribution in [1.29, 1.82) is 0 Å². The molecule has 20 heteroatoms. The first-order valence-electron chi connectivity index (χ1n) is 24.6. The van der Waals surface area contributed by atoms with Gasteiger partial charge in [0.2, 0.25) is 0 Å². The van der Waals surface area contributed by atoms with Gasteiger partial charge in [0, 0.05) is 10.8 Å². The van der Waals surface area contributed by atoms with Crippen molar-refractivity contribution in [1.82, 2.24) is 0 Å². The van der Waals surface area contributed by atoms with Crippen LogP contribution < -0.4 is 0 Å². The number of aliphatic hydroxyl groups is 14. The van der Waals surface area contributed by atoms with Crippen molar-refractivity contribution in [3.8, 4) is 0 Å². The van der Waals surface area contributed by atoms with Crippen LogP contribution in [0, 0.1) is 39.4 Å². The number of aliphatic hydroxyl groups excluding tert-OH is 13. The minimum Gasteiger partial charge on any atom is -0.394 e. The summed E-state index contributed by atoms with van der Waals surface area (Å²) in [5.74, 6) is -0.306. The van der Waals surface area contributed by atoms with E-state index in [0.29, 0.717) is 32.1 Å². The molecule has 0 radical (unpaired) electrons. The molecule has 0 spiro atoms. The van der Waals surface area contributed by atoms with Gasteiger partial charge < -0.3 is 99.9 Å². The second kappa shape index (κ2) is 19.7. The van der Waals surface area contributed by atoms with Crippen molar-refractivity contribution in [2.45, 2.75) is 228 Å². The van der Waals surface area contributed by atoms with Gasteiger partial charge in [-0.3, -0.25) is 0 Å². The average molecular weight is 979 g/mol. The number of fused-ring (bicyclic) bond motifs is 5. The Morgan fingerprint density at radius 1 is 0.662 bits per heavy atom. The molecule has 0 aromatic carbocycles. The molecule has 4 aliphatic carbocycles. The summed E-state index contributed by atoms with van der Waals surface area (Å²) in [6, 6.07) is 0. The van der Waals surface area contributed by atoms with Crippen LogP contribution in [0.1, 0.15) is 107 Å². The van der Waals surface area contributed by atoms with Crippen LogP contribution in [0.4, 0.5) is 0 Å². The van der Waals surface area contributed by atoms with Crippen LogP contribution in [0.5, 0.6) is 0 Å². The third-order valence-electron chi connectivity index (χ3n) is 18.9. The van der Waals surface area contributed by atoms with Crippen molar-refractivity contribution >= 4 is 0 Å². The van der Waals surface area contributed by atoms with Crippen LogP contribution in [0.3, 0.4) is 0 Å². The molecule has 6 fully saturated rings. The Morgan fingerprint density at radius 3 is 1.76 bits per heavy atom. The summed E-state index contributed by atoms with van der Waals surface area (Å²) >= 11 is 0. The molecule has 0 aromatic heterocycles. The molecule has 25 unspecified atom stereocenters. The maximum absolute atomic E-state index is 12.6. The maximum atomic E-state index is 12.6. The smallest absolute Gasteiger partial charge is 0.187 e. The summed E-state index contributed by atoms with van der Waals surface area (Å²) in [5.41, 5.74) is -3.64. The molecule has 0 bridgehead atoms. The van der Waals surface area contributed by atoms with E-state index >= 15 is 0 Å². The number of hydrogen-bond donors (Lipinski definition) is 14. The van der Waals surface area contributed by atoms with E-state index in [4.69, 9.17) is 28.4 Å². The summed E-state index contributed by atoms with van der Waals surface area (Å²) in [7, 11) is 0. The number of ether oxygens (including phenoxy) is 6. The van der Waals surface area contributed by atoms with Crippen LogP contribution >= 0.6 is 0 Å². The molecule has 0 aromatic rings. The summed E-state index contributed by atoms with van der Waals surface area (Å²) < 4.78 is 35.7. The molecule has 3 aliphatic heterocycles. The summed E-state index contributed by atoms with van der Waals surface area (Å²) in [4.78, 5) is 0. The van der Waals surface area contributed by atoms with E-state index in [0.717, 1.165) is 12.0 Å². The van der Waals surface area contributed by atoms with E-state index in [9.17, 15) is 71.5 Å². The topological polar surface area (TPSA) is 339 Å². The second-order valence-corrected chi connectivity index (χ2v) is 23.3. The first-order chi connectivity index (χ1) is 31.6. The highest BCUT2D eigenvalue weighted by Crippen LogP contribution is 2.75. The monoisotopic (exact) mass is 979 g/mol. The Labute approximate surface area is 398 Å². The van der Waals surface area contributed by atoms with Gasteiger partial charge in [0.05, 0.1) is 49.3 Å². The zero-order chi connectivity index (χ0) is 50.4. The van der Waals surface area contributed by atoms with Gasteiger partial charge in [-0.2, -0.15) is 0 Å². The minimum absolute atomic E-state index is 0.0166. The number of allylic oxidation sites excluding steroid dienone is 1. The van der Waals surface area contributed by atoms with E-state index in [-0.39, 0.29) is 36.0 Å². The van der Waals surface area contributed by atoms with Crippen molar-refractivity contribution in [3.63, 3.8) is 0 Å². The van der Waals surface area contributed by atoms with Gasteiger partial charge in [-0.15, -0.1) is 0 Å². The highest BCUT2D eigenvalue weighted by atomic mass is 16.8. The standard InChI is InChI=1S/C48H82O20/c1-43(2)21-9-11-27-45(5)15-13-26(47(7,62)16-14-28(52)44(3,4)68-41-38(61)35(58)32(55)24(19-50)64-41)46(45,6)17-29(53)48(27,8)22(21)10-12-30(43)66-42-39(36(59)33(56)25(20-51)65-42)67-40-37(60)34(57)31(54)23(18-49)63-40/h9,22-42,49-62H,10-20H2,1-8H3. The SMILES string of the molecule is CC(O)(CCC(O)C(C)(C)OC1OC(CO)C(O)C(O)C1O)C1CCC2(C)C3CC=C4C(CCC(OC5OC(CO)C(O)C(O)C5OC5OC(CO)C(O)C(O)C5O)C4(C)C)C3(C)C(O)CC12C. The molecule has 7 rings (SSSR count). The van der Waals surface area contributed by atoms with Crippen LogP contribution in [0.25, 0.3) is 0 Å². The molecule has 25 atom stereocenters. The molecule has 20 nitrogen and oxygen atoms in total. The molecule has 394 valence electrons. The Kier molecular flexibility index (Phi) is 15.8. The van der Waals surface area contributed by atoms with Crippen molar-refractivity contribution in [3.05, 3.63) is 11.6 Å². The van der Waals surface area contributed by atoms with E-state index < -0.39 is 158 Å². The van der Waals surface area contributed by atoms with Crippen LogP contribution in [0.15, 0.2) is 11.6 Å². The first kappa shape index (κ1) is 54.7. The van der Waals surface area contributed by atoms with Crippen molar-refractivity contribution < 1.29 is 99.9 Å². The maximum Gasteiger partial charge on any atom is 0.187 e. The highest BCUT2D eigenvalue weighted by molar-refractivity contribution is 5.32. The third-order valence-corrected chi connectivity index (χ3v) is 18.9. The predicted molar refractivity (Wildman–Crippen MR) is 236 cm³/mol. The molecule has 14 N–H and O–H groups in total. The normalized spacial score (nSPS) is 50.9. The summed E-state index contributed by atoms with van der Waals surface area (Å²) in [6.45, 7) is 13.7. The lowest BCUT2D eigenvalue weighted by Gasteiger charge is -2.68. The quantitative estimate of drug-likeness (QED) is 0.0842. The van der Waals surface area contributed by atoms with Gasteiger partial charge in [-0.1, -0.05) is 46.3 Å². The van der Waals surface area contributed by atoms with E-state index in [1.54, 1.807) is 20.8 Å².